The van der Waals surface area contributed by atoms with Crippen LogP contribution < -0.4 is 4.74 Å². The van der Waals surface area contributed by atoms with E-state index in [1.165, 1.54) is 11.8 Å². The second-order valence-electron chi connectivity index (χ2n) is 7.03. The van der Waals surface area contributed by atoms with Crippen molar-refractivity contribution >= 4 is 34.3 Å². The molecule has 1 aliphatic heterocycles. The Hall–Kier alpha value is -1.78. The van der Waals surface area contributed by atoms with Crippen molar-refractivity contribution in [3.05, 3.63) is 53.7 Å². The van der Waals surface area contributed by atoms with Gasteiger partial charge in [0.15, 0.2) is 6.23 Å². The molecule has 1 aliphatic rings. The highest BCUT2D eigenvalue weighted by atomic mass is 35.5. The van der Waals surface area contributed by atoms with E-state index in [1.54, 1.807) is 23.9 Å². The summed E-state index contributed by atoms with van der Waals surface area (Å²) in [5.74, 6) is 0.756. The average Bonchev–Trinajstić information content (AvgIpc) is 3.12. The van der Waals surface area contributed by atoms with E-state index in [4.69, 9.17) is 21.1 Å². The number of nitrogens with zero attached hydrogens (tertiary/aromatic N) is 1. The summed E-state index contributed by atoms with van der Waals surface area (Å²) < 4.78 is 12.6. The van der Waals surface area contributed by atoms with E-state index in [0.29, 0.717) is 10.5 Å². The maximum absolute atomic E-state index is 10.6. The van der Waals surface area contributed by atoms with Gasteiger partial charge in [-0.15, -0.1) is 0 Å². The Morgan fingerprint density at radius 3 is 2.47 bits per heavy atom. The number of rotatable bonds is 5. The summed E-state index contributed by atoms with van der Waals surface area (Å²) in [6, 6.07) is 13.1. The molecule has 4 rings (SSSR count). The minimum absolute atomic E-state index is 0.450. The Labute approximate surface area is 182 Å². The normalized spacial score (nSPS) is 26.8. The number of hydrogen-bond acceptors (Lipinski definition) is 7. The lowest BCUT2D eigenvalue weighted by Gasteiger charge is -2.40. The summed E-state index contributed by atoms with van der Waals surface area (Å²) >= 11 is 7.98. The van der Waals surface area contributed by atoms with Gasteiger partial charge in [0.25, 0.3) is 0 Å². The predicted octanol–water partition coefficient (Wildman–Crippen LogP) is 2.43. The number of aromatic nitrogens is 1. The summed E-state index contributed by atoms with van der Waals surface area (Å²) in [6.07, 6.45) is -4.56. The number of methoxy groups -OCH3 is 1. The van der Waals surface area contributed by atoms with Crippen LogP contribution >= 0.6 is 23.4 Å². The first-order valence-corrected chi connectivity index (χ1v) is 10.6. The molecule has 0 bridgehead atoms. The minimum atomic E-state index is -1.47. The van der Waals surface area contributed by atoms with Gasteiger partial charge in [-0.05, 0) is 30.3 Å². The smallest absolute Gasteiger partial charge is 0.163 e. The largest absolute Gasteiger partial charge is 0.497 e. The zero-order valence-electron chi connectivity index (χ0n) is 16.1. The molecular formula is C21H22ClNO6S. The summed E-state index contributed by atoms with van der Waals surface area (Å²) in [6.45, 7) is -0.498. The summed E-state index contributed by atoms with van der Waals surface area (Å²) in [5, 5.41) is 41.7. The van der Waals surface area contributed by atoms with Crippen LogP contribution in [0.15, 0.2) is 58.5 Å². The number of fused-ring (bicyclic) bond motifs is 1. The van der Waals surface area contributed by atoms with Gasteiger partial charge in [-0.25, -0.2) is 0 Å². The summed E-state index contributed by atoms with van der Waals surface area (Å²) in [7, 11) is 1.61. The third kappa shape index (κ3) is 3.80. The second kappa shape index (κ2) is 8.76. The van der Waals surface area contributed by atoms with E-state index in [0.717, 1.165) is 20.9 Å². The van der Waals surface area contributed by atoms with Gasteiger partial charge in [-0.3, -0.25) is 0 Å². The van der Waals surface area contributed by atoms with Crippen LogP contribution in [0.4, 0.5) is 0 Å². The van der Waals surface area contributed by atoms with E-state index in [1.807, 2.05) is 36.4 Å². The SMILES string of the molecule is COc1ccc(Sc2cn([C@@H]3O[C@H](CO)[C@@H](O)[C@H](O)[C@H]3O)c3c(Cl)cccc23)cc1. The van der Waals surface area contributed by atoms with E-state index in [2.05, 4.69) is 0 Å². The third-order valence-electron chi connectivity index (χ3n) is 5.20. The number of aliphatic hydroxyl groups is 4. The summed E-state index contributed by atoms with van der Waals surface area (Å²) in [4.78, 5) is 1.85. The molecule has 0 radical (unpaired) electrons. The molecule has 5 atom stereocenters. The number of halogens is 1. The molecule has 1 aromatic heterocycles. The predicted molar refractivity (Wildman–Crippen MR) is 113 cm³/mol. The molecule has 2 aromatic carbocycles. The number of ether oxygens (including phenoxy) is 2. The molecule has 4 N–H and O–H groups in total. The Morgan fingerprint density at radius 2 is 1.80 bits per heavy atom. The molecule has 0 unspecified atom stereocenters. The zero-order chi connectivity index (χ0) is 21.4. The standard InChI is InChI=1S/C21H22ClNO6S/c1-28-11-5-7-12(8-6-11)30-16-9-23(17-13(16)3-2-4-14(17)22)21-20(27)19(26)18(25)15(10-24)29-21/h2-9,15,18-21,24-27H,10H2,1H3/t15-,18-,19+,20-,21-/m1/s1. The first-order chi connectivity index (χ1) is 14.4. The molecule has 0 amide bonds. The molecular weight excluding hydrogens is 430 g/mol. The fraction of sp³-hybridized carbons (Fsp3) is 0.333. The topological polar surface area (TPSA) is 104 Å². The van der Waals surface area contributed by atoms with Gasteiger partial charge in [0.1, 0.15) is 30.2 Å². The maximum atomic E-state index is 10.6. The number of aliphatic hydroxyl groups excluding tert-OH is 4. The van der Waals surface area contributed by atoms with E-state index < -0.39 is 37.3 Å². The first-order valence-electron chi connectivity index (χ1n) is 9.36. The number of benzene rings is 2. The molecule has 0 aliphatic carbocycles. The molecule has 30 heavy (non-hydrogen) atoms. The van der Waals surface area contributed by atoms with Crippen molar-refractivity contribution in [1.29, 1.82) is 0 Å². The van der Waals surface area contributed by atoms with Crippen LogP contribution in [0.1, 0.15) is 6.23 Å². The van der Waals surface area contributed by atoms with Crippen LogP contribution in [-0.4, -0.2) is 63.1 Å². The van der Waals surface area contributed by atoms with Crippen molar-refractivity contribution in [3.63, 3.8) is 0 Å². The van der Waals surface area contributed by atoms with Crippen LogP contribution in [0.25, 0.3) is 10.9 Å². The van der Waals surface area contributed by atoms with E-state index in [9.17, 15) is 20.4 Å². The molecule has 0 saturated carbocycles. The maximum Gasteiger partial charge on any atom is 0.163 e. The van der Waals surface area contributed by atoms with Gasteiger partial charge < -0.3 is 34.5 Å². The Kier molecular flexibility index (Phi) is 6.26. The lowest BCUT2D eigenvalue weighted by molar-refractivity contribution is -0.250. The van der Waals surface area contributed by atoms with Gasteiger partial charge in [0, 0.05) is 21.4 Å². The molecule has 1 fully saturated rings. The van der Waals surface area contributed by atoms with Crippen molar-refractivity contribution in [1.82, 2.24) is 4.57 Å². The molecule has 1 saturated heterocycles. The highest BCUT2D eigenvalue weighted by molar-refractivity contribution is 7.99. The lowest BCUT2D eigenvalue weighted by atomic mass is 9.98. The summed E-state index contributed by atoms with van der Waals surface area (Å²) in [5.41, 5.74) is 0.625. The molecule has 7 nitrogen and oxygen atoms in total. The Morgan fingerprint density at radius 1 is 1.07 bits per heavy atom. The van der Waals surface area contributed by atoms with Crippen molar-refractivity contribution in [3.8, 4) is 5.75 Å². The number of hydrogen-bond donors (Lipinski definition) is 4. The quantitative estimate of drug-likeness (QED) is 0.472. The van der Waals surface area contributed by atoms with Gasteiger partial charge in [-0.2, -0.15) is 0 Å². The monoisotopic (exact) mass is 451 g/mol. The van der Waals surface area contributed by atoms with Gasteiger partial charge in [0.2, 0.25) is 0 Å². The fourth-order valence-corrected chi connectivity index (χ4v) is 4.84. The first kappa shape index (κ1) is 21.5. The molecule has 0 spiro atoms. The van der Waals surface area contributed by atoms with Crippen LogP contribution in [0, 0.1) is 0 Å². The fourth-order valence-electron chi connectivity index (χ4n) is 3.60. The van der Waals surface area contributed by atoms with E-state index in [-0.39, 0.29) is 0 Å². The van der Waals surface area contributed by atoms with Crippen molar-refractivity contribution in [2.45, 2.75) is 40.4 Å². The number of para-hydroxylation sites is 1. The zero-order valence-corrected chi connectivity index (χ0v) is 17.6. The second-order valence-corrected chi connectivity index (χ2v) is 8.56. The van der Waals surface area contributed by atoms with Crippen LogP contribution in [0.5, 0.6) is 5.75 Å². The minimum Gasteiger partial charge on any atom is -0.497 e. The third-order valence-corrected chi connectivity index (χ3v) is 6.55. The van der Waals surface area contributed by atoms with Crippen LogP contribution in [-0.2, 0) is 4.74 Å². The van der Waals surface area contributed by atoms with Crippen molar-refractivity contribution < 1.29 is 29.9 Å². The molecule has 3 aromatic rings. The highest BCUT2D eigenvalue weighted by Crippen LogP contribution is 2.41. The van der Waals surface area contributed by atoms with Crippen LogP contribution in [0.3, 0.4) is 0 Å². The molecule has 160 valence electrons. The molecule has 2 heterocycles. The molecule has 9 heteroatoms. The van der Waals surface area contributed by atoms with Crippen molar-refractivity contribution in [2.75, 3.05) is 13.7 Å². The van der Waals surface area contributed by atoms with E-state index >= 15 is 0 Å². The van der Waals surface area contributed by atoms with Crippen molar-refractivity contribution in [2.24, 2.45) is 0 Å². The van der Waals surface area contributed by atoms with Gasteiger partial charge >= 0.3 is 0 Å². The Bertz CT molecular complexity index is 1020. The average molecular weight is 452 g/mol. The Balaban J connectivity index is 1.76. The van der Waals surface area contributed by atoms with Crippen LogP contribution in [0.2, 0.25) is 5.02 Å². The lowest BCUT2D eigenvalue weighted by Crippen LogP contribution is -2.56. The van der Waals surface area contributed by atoms with Gasteiger partial charge in [0.05, 0.1) is 24.3 Å². The highest BCUT2D eigenvalue weighted by Gasteiger charge is 2.44. The van der Waals surface area contributed by atoms with Gasteiger partial charge in [-0.1, -0.05) is 35.5 Å².